The third kappa shape index (κ3) is 3.16. The molecule has 0 aromatic carbocycles. The highest BCUT2D eigenvalue weighted by atomic mass is 79.9. The van der Waals surface area contributed by atoms with Crippen LogP contribution in [0.3, 0.4) is 0 Å². The molecule has 0 atom stereocenters. The van der Waals surface area contributed by atoms with Gasteiger partial charge in [0.05, 0.1) is 11.2 Å². The van der Waals surface area contributed by atoms with Gasteiger partial charge in [-0.1, -0.05) is 19.8 Å². The van der Waals surface area contributed by atoms with Crippen LogP contribution in [0.2, 0.25) is 0 Å². The Morgan fingerprint density at radius 2 is 2.18 bits per heavy atom. The van der Waals surface area contributed by atoms with Crippen LogP contribution in [0.25, 0.3) is 11.0 Å². The summed E-state index contributed by atoms with van der Waals surface area (Å²) in [5.41, 5.74) is 2.92. The van der Waals surface area contributed by atoms with E-state index in [1.165, 1.54) is 19.3 Å². The molecule has 4 heteroatoms. The van der Waals surface area contributed by atoms with E-state index in [0.29, 0.717) is 0 Å². The first-order valence-electron chi connectivity index (χ1n) is 5.95. The van der Waals surface area contributed by atoms with Crippen LogP contribution < -0.4 is 5.32 Å². The smallest absolute Gasteiger partial charge is 0.112 e. The monoisotopic (exact) mass is 293 g/mol. The largest absolute Gasteiger partial charge is 0.383 e. The van der Waals surface area contributed by atoms with E-state index < -0.39 is 0 Å². The Kier molecular flexibility index (Phi) is 4.31. The van der Waals surface area contributed by atoms with E-state index in [4.69, 9.17) is 0 Å². The lowest BCUT2D eigenvalue weighted by molar-refractivity contribution is 0.744. The van der Waals surface area contributed by atoms with E-state index in [2.05, 4.69) is 38.1 Å². The number of nitrogens with zero attached hydrogens (tertiary/aromatic N) is 2. The predicted octanol–water partition coefficient (Wildman–Crippen LogP) is 3.99. The highest BCUT2D eigenvalue weighted by molar-refractivity contribution is 9.10. The average molecular weight is 294 g/mol. The van der Waals surface area contributed by atoms with Gasteiger partial charge in [-0.3, -0.25) is 9.97 Å². The summed E-state index contributed by atoms with van der Waals surface area (Å²) in [6.07, 6.45) is 7.32. The number of halogens is 1. The molecule has 1 N–H and O–H groups in total. The van der Waals surface area contributed by atoms with Crippen molar-refractivity contribution >= 4 is 32.7 Å². The highest BCUT2D eigenvalue weighted by Gasteiger charge is 2.03. The van der Waals surface area contributed by atoms with Crippen molar-refractivity contribution in [2.45, 2.75) is 26.2 Å². The van der Waals surface area contributed by atoms with Gasteiger partial charge in [0.1, 0.15) is 5.52 Å². The first kappa shape index (κ1) is 12.3. The van der Waals surface area contributed by atoms with E-state index in [1.54, 1.807) is 6.20 Å². The molecule has 0 aliphatic heterocycles. The first-order chi connectivity index (χ1) is 8.31. The molecule has 0 fully saturated rings. The minimum Gasteiger partial charge on any atom is -0.383 e. The van der Waals surface area contributed by atoms with Crippen LogP contribution in [0, 0.1) is 0 Å². The Morgan fingerprint density at radius 3 is 3.00 bits per heavy atom. The number of aromatic nitrogens is 2. The van der Waals surface area contributed by atoms with E-state index in [9.17, 15) is 0 Å². The number of hydrogen-bond donors (Lipinski definition) is 1. The fourth-order valence-corrected chi connectivity index (χ4v) is 2.07. The zero-order valence-electron chi connectivity index (χ0n) is 9.91. The maximum absolute atomic E-state index is 4.41. The summed E-state index contributed by atoms with van der Waals surface area (Å²) in [6, 6.07) is 3.97. The molecule has 0 amide bonds. The van der Waals surface area contributed by atoms with Crippen molar-refractivity contribution in [1.82, 2.24) is 9.97 Å². The molecule has 0 spiro atoms. The average Bonchev–Trinajstić information content (AvgIpc) is 2.34. The van der Waals surface area contributed by atoms with Crippen molar-refractivity contribution in [3.8, 4) is 0 Å². The molecule has 2 aromatic heterocycles. The second kappa shape index (κ2) is 5.96. The summed E-state index contributed by atoms with van der Waals surface area (Å²) in [5.74, 6) is 0. The number of nitrogens with one attached hydrogen (secondary N) is 1. The molecular formula is C13H16BrN3. The van der Waals surface area contributed by atoms with Gasteiger partial charge in [0.25, 0.3) is 0 Å². The maximum atomic E-state index is 4.41. The second-order valence-electron chi connectivity index (χ2n) is 4.01. The van der Waals surface area contributed by atoms with Crippen LogP contribution in [0.5, 0.6) is 0 Å². The van der Waals surface area contributed by atoms with Crippen molar-refractivity contribution in [2.75, 3.05) is 11.9 Å². The lowest BCUT2D eigenvalue weighted by atomic mass is 10.2. The van der Waals surface area contributed by atoms with Gasteiger partial charge in [-0.15, -0.1) is 0 Å². The molecule has 0 saturated carbocycles. The summed E-state index contributed by atoms with van der Waals surface area (Å²) >= 11 is 3.41. The lowest BCUT2D eigenvalue weighted by Gasteiger charge is -2.08. The molecule has 2 rings (SSSR count). The quantitative estimate of drug-likeness (QED) is 0.847. The van der Waals surface area contributed by atoms with E-state index in [1.807, 2.05) is 18.3 Å². The minimum atomic E-state index is 0.917. The Bertz CT molecular complexity index is 499. The molecule has 90 valence electrons. The van der Waals surface area contributed by atoms with Gasteiger partial charge in [-0.2, -0.15) is 0 Å². The summed E-state index contributed by atoms with van der Waals surface area (Å²) in [7, 11) is 0. The summed E-state index contributed by atoms with van der Waals surface area (Å²) in [4.78, 5) is 8.72. The third-order valence-corrected chi connectivity index (χ3v) is 3.07. The first-order valence-corrected chi connectivity index (χ1v) is 6.74. The van der Waals surface area contributed by atoms with Crippen LogP contribution in [0.4, 0.5) is 5.69 Å². The third-order valence-electron chi connectivity index (χ3n) is 2.64. The van der Waals surface area contributed by atoms with Gasteiger partial charge in [0.15, 0.2) is 0 Å². The molecule has 0 aliphatic rings. The second-order valence-corrected chi connectivity index (χ2v) is 4.93. The van der Waals surface area contributed by atoms with Gasteiger partial charge in [-0.05, 0) is 34.5 Å². The molecule has 2 heterocycles. The van der Waals surface area contributed by atoms with Crippen LogP contribution in [0.15, 0.2) is 29.0 Å². The Labute approximate surface area is 110 Å². The number of fused-ring (bicyclic) bond motifs is 1. The van der Waals surface area contributed by atoms with Crippen LogP contribution in [-0.4, -0.2) is 16.5 Å². The minimum absolute atomic E-state index is 0.917. The zero-order chi connectivity index (χ0) is 12.1. The van der Waals surface area contributed by atoms with Gasteiger partial charge in [0.2, 0.25) is 0 Å². The standard InChI is InChI=1S/C13H16BrN3/c1-2-3-4-6-15-11-5-7-16-12-8-10(14)9-17-13(11)12/h5,7-9H,2-4,6H2,1H3,(H,15,16). The van der Waals surface area contributed by atoms with Crippen LogP contribution >= 0.6 is 15.9 Å². The van der Waals surface area contributed by atoms with Crippen molar-refractivity contribution in [3.63, 3.8) is 0 Å². The van der Waals surface area contributed by atoms with Gasteiger partial charge in [-0.25, -0.2) is 0 Å². The molecule has 17 heavy (non-hydrogen) atoms. The molecule has 3 nitrogen and oxygen atoms in total. The number of unbranched alkanes of at least 4 members (excludes halogenated alkanes) is 2. The number of pyridine rings is 2. The number of rotatable bonds is 5. The maximum Gasteiger partial charge on any atom is 0.112 e. The SMILES string of the molecule is CCCCCNc1ccnc2cc(Br)cnc12. The van der Waals surface area contributed by atoms with Crippen molar-refractivity contribution < 1.29 is 0 Å². The fourth-order valence-electron chi connectivity index (χ4n) is 1.75. The van der Waals surface area contributed by atoms with Gasteiger partial charge in [0, 0.05) is 23.4 Å². The molecule has 2 aromatic rings. The normalized spacial score (nSPS) is 10.7. The predicted molar refractivity (Wildman–Crippen MR) is 75.3 cm³/mol. The Morgan fingerprint density at radius 1 is 1.29 bits per heavy atom. The van der Waals surface area contributed by atoms with Gasteiger partial charge >= 0.3 is 0 Å². The van der Waals surface area contributed by atoms with Crippen molar-refractivity contribution in [2.24, 2.45) is 0 Å². The van der Waals surface area contributed by atoms with Crippen LogP contribution in [-0.2, 0) is 0 Å². The molecule has 0 saturated heterocycles. The fraction of sp³-hybridized carbons (Fsp3) is 0.385. The molecule has 0 unspecified atom stereocenters. The topological polar surface area (TPSA) is 37.8 Å². The summed E-state index contributed by atoms with van der Waals surface area (Å²) in [6.45, 7) is 3.20. The van der Waals surface area contributed by atoms with Crippen LogP contribution in [0.1, 0.15) is 26.2 Å². The molecule has 0 radical (unpaired) electrons. The Hall–Kier alpha value is -1.16. The van der Waals surface area contributed by atoms with Crippen molar-refractivity contribution in [3.05, 3.63) is 29.0 Å². The molecule has 0 aliphatic carbocycles. The number of anilines is 1. The summed E-state index contributed by atoms with van der Waals surface area (Å²) < 4.78 is 0.959. The van der Waals surface area contributed by atoms with E-state index in [-0.39, 0.29) is 0 Å². The number of hydrogen-bond acceptors (Lipinski definition) is 3. The van der Waals surface area contributed by atoms with E-state index in [0.717, 1.165) is 27.7 Å². The molecule has 0 bridgehead atoms. The summed E-state index contributed by atoms with van der Waals surface area (Å²) in [5, 5.41) is 3.42. The lowest BCUT2D eigenvalue weighted by Crippen LogP contribution is -2.02. The Balaban J connectivity index is 2.16. The molecular weight excluding hydrogens is 278 g/mol. The van der Waals surface area contributed by atoms with Gasteiger partial charge < -0.3 is 5.32 Å². The highest BCUT2D eigenvalue weighted by Crippen LogP contribution is 2.21. The van der Waals surface area contributed by atoms with E-state index >= 15 is 0 Å². The zero-order valence-corrected chi connectivity index (χ0v) is 11.5. The van der Waals surface area contributed by atoms with Crippen molar-refractivity contribution in [1.29, 1.82) is 0 Å².